The Kier molecular flexibility index (Phi) is 5.34. The van der Waals surface area contributed by atoms with E-state index in [-0.39, 0.29) is 31.3 Å². The molecule has 1 amide bonds. The molecule has 0 aliphatic heterocycles. The number of aryl methyl sites for hydroxylation is 1. The minimum Gasteiger partial charge on any atom is -0.479 e. The number of hydrogen-bond donors (Lipinski definition) is 2. The highest BCUT2D eigenvalue weighted by Crippen LogP contribution is 2.51. The molecule has 0 saturated heterocycles. The fourth-order valence-corrected chi connectivity index (χ4v) is 4.07. The Bertz CT molecular complexity index is 817. The van der Waals surface area contributed by atoms with Crippen LogP contribution in [0.2, 0.25) is 0 Å². The first-order valence-electron chi connectivity index (χ1n) is 8.82. The van der Waals surface area contributed by atoms with Gasteiger partial charge in [-0.3, -0.25) is 4.79 Å². The average Bonchev–Trinajstić information content (AvgIpc) is 3.29. The summed E-state index contributed by atoms with van der Waals surface area (Å²) >= 11 is 1.50. The zero-order valence-corrected chi connectivity index (χ0v) is 16.3. The number of ether oxygens (including phenoxy) is 1. The van der Waals surface area contributed by atoms with Gasteiger partial charge in [0.15, 0.2) is 0 Å². The largest absolute Gasteiger partial charge is 0.479 e. The second kappa shape index (κ2) is 7.40. The van der Waals surface area contributed by atoms with Crippen LogP contribution in [0, 0.1) is 5.41 Å². The predicted octanol–water partition coefficient (Wildman–Crippen LogP) is 2.51. The van der Waals surface area contributed by atoms with Gasteiger partial charge in [0.2, 0.25) is 17.6 Å². The molecular formula is C18H23N3O5S. The molecule has 1 aliphatic carbocycles. The lowest BCUT2D eigenvalue weighted by molar-refractivity contribution is -0.194. The molecule has 2 heterocycles. The monoisotopic (exact) mass is 393 g/mol. The normalized spacial score (nSPS) is 23.6. The van der Waals surface area contributed by atoms with E-state index in [0.717, 1.165) is 4.88 Å². The number of rotatable bonds is 8. The molecule has 2 aromatic rings. The molecule has 146 valence electrons. The van der Waals surface area contributed by atoms with Crippen LogP contribution in [0.15, 0.2) is 22.0 Å². The molecule has 3 rings (SSSR count). The highest BCUT2D eigenvalue weighted by atomic mass is 32.1. The zero-order valence-electron chi connectivity index (χ0n) is 15.5. The van der Waals surface area contributed by atoms with Crippen molar-refractivity contribution in [2.75, 3.05) is 6.61 Å². The summed E-state index contributed by atoms with van der Waals surface area (Å²) in [4.78, 5) is 29.5. The standard InChI is InChI=1S/C18H23N3O5S/c1-4-25-12-10-18(16(23)24,17(12,2)3)20-13(22)7-8-14-19-15(21-26-14)11-6-5-9-27-11/h5-6,9,12H,4,7-8,10H2,1-3H3,(H,20,22)(H,23,24). The molecule has 2 atom stereocenters. The number of nitrogens with zero attached hydrogens (tertiary/aromatic N) is 2. The number of amides is 1. The van der Waals surface area contributed by atoms with Crippen LogP contribution < -0.4 is 5.32 Å². The van der Waals surface area contributed by atoms with Crippen LogP contribution in [0.1, 0.15) is 39.5 Å². The van der Waals surface area contributed by atoms with E-state index in [0.29, 0.717) is 18.3 Å². The van der Waals surface area contributed by atoms with Gasteiger partial charge in [-0.05, 0) is 18.4 Å². The number of carbonyl (C=O) groups is 2. The molecule has 1 aliphatic rings. The van der Waals surface area contributed by atoms with E-state index >= 15 is 0 Å². The maximum Gasteiger partial charge on any atom is 0.330 e. The van der Waals surface area contributed by atoms with E-state index in [4.69, 9.17) is 9.26 Å². The Labute approximate surface area is 160 Å². The van der Waals surface area contributed by atoms with Crippen LogP contribution in [0.3, 0.4) is 0 Å². The Balaban J connectivity index is 1.60. The van der Waals surface area contributed by atoms with E-state index in [1.54, 1.807) is 13.8 Å². The molecule has 27 heavy (non-hydrogen) atoms. The van der Waals surface area contributed by atoms with Crippen LogP contribution in [0.4, 0.5) is 0 Å². The number of aliphatic carboxylic acids is 1. The maximum absolute atomic E-state index is 12.4. The third kappa shape index (κ3) is 3.49. The van der Waals surface area contributed by atoms with Gasteiger partial charge in [-0.15, -0.1) is 11.3 Å². The van der Waals surface area contributed by atoms with Crippen molar-refractivity contribution in [1.82, 2.24) is 15.5 Å². The van der Waals surface area contributed by atoms with E-state index in [1.807, 2.05) is 24.4 Å². The minimum absolute atomic E-state index is 0.0660. The van der Waals surface area contributed by atoms with Crippen LogP contribution >= 0.6 is 11.3 Å². The molecule has 0 aromatic carbocycles. The van der Waals surface area contributed by atoms with Crippen LogP contribution in [-0.4, -0.2) is 45.4 Å². The molecule has 0 bridgehead atoms. The van der Waals surface area contributed by atoms with Gasteiger partial charge in [-0.2, -0.15) is 4.98 Å². The molecule has 1 saturated carbocycles. The molecule has 8 nitrogen and oxygen atoms in total. The minimum atomic E-state index is -1.33. The van der Waals surface area contributed by atoms with Crippen LogP contribution in [-0.2, 0) is 20.7 Å². The van der Waals surface area contributed by atoms with Crippen molar-refractivity contribution in [2.24, 2.45) is 5.41 Å². The van der Waals surface area contributed by atoms with Crippen molar-refractivity contribution in [2.45, 2.75) is 51.7 Å². The number of hydrogen-bond acceptors (Lipinski definition) is 7. The highest BCUT2D eigenvalue weighted by Gasteiger charge is 2.66. The third-order valence-corrected chi connectivity index (χ3v) is 6.12. The summed E-state index contributed by atoms with van der Waals surface area (Å²) in [5.74, 6) is -0.578. The van der Waals surface area contributed by atoms with E-state index in [2.05, 4.69) is 15.5 Å². The topological polar surface area (TPSA) is 115 Å². The van der Waals surface area contributed by atoms with Gasteiger partial charge in [0, 0.05) is 31.3 Å². The quantitative estimate of drug-likeness (QED) is 0.708. The Morgan fingerprint density at radius 1 is 1.48 bits per heavy atom. The SMILES string of the molecule is CCOC1CC(NC(=O)CCc2nc(-c3cccs3)no2)(C(=O)O)C1(C)C. The molecule has 0 radical (unpaired) electrons. The average molecular weight is 393 g/mol. The summed E-state index contributed by atoms with van der Waals surface area (Å²) < 4.78 is 10.8. The van der Waals surface area contributed by atoms with Crippen LogP contribution in [0.5, 0.6) is 0 Å². The summed E-state index contributed by atoms with van der Waals surface area (Å²) in [6, 6.07) is 3.78. The second-order valence-corrected chi connectivity index (χ2v) is 8.07. The van der Waals surface area contributed by atoms with Crippen molar-refractivity contribution in [1.29, 1.82) is 0 Å². The lowest BCUT2D eigenvalue weighted by Crippen LogP contribution is -2.76. The van der Waals surface area contributed by atoms with Crippen molar-refractivity contribution < 1.29 is 24.0 Å². The van der Waals surface area contributed by atoms with E-state index < -0.39 is 16.9 Å². The lowest BCUT2D eigenvalue weighted by Gasteiger charge is -2.58. The van der Waals surface area contributed by atoms with Crippen molar-refractivity contribution in [3.05, 3.63) is 23.4 Å². The molecule has 9 heteroatoms. The number of nitrogens with one attached hydrogen (secondary N) is 1. The fourth-order valence-electron chi connectivity index (χ4n) is 3.42. The number of carbonyl (C=O) groups excluding carboxylic acids is 1. The van der Waals surface area contributed by atoms with Gasteiger partial charge in [0.25, 0.3) is 0 Å². The number of carboxylic acids is 1. The van der Waals surface area contributed by atoms with Gasteiger partial charge in [-0.25, -0.2) is 4.79 Å². The molecule has 2 unspecified atom stereocenters. The molecule has 2 N–H and O–H groups in total. The second-order valence-electron chi connectivity index (χ2n) is 7.12. The number of thiophene rings is 1. The summed E-state index contributed by atoms with van der Waals surface area (Å²) in [7, 11) is 0. The Morgan fingerprint density at radius 3 is 2.85 bits per heavy atom. The summed E-state index contributed by atoms with van der Waals surface area (Å²) in [6.07, 6.45) is 0.354. The van der Waals surface area contributed by atoms with Gasteiger partial charge in [0.05, 0.1) is 11.0 Å². The molecule has 2 aromatic heterocycles. The van der Waals surface area contributed by atoms with Crippen molar-refractivity contribution >= 4 is 23.2 Å². The summed E-state index contributed by atoms with van der Waals surface area (Å²) in [5, 5.41) is 18.3. The molecule has 0 spiro atoms. The summed E-state index contributed by atoms with van der Waals surface area (Å²) in [6.45, 7) is 5.97. The van der Waals surface area contributed by atoms with Crippen molar-refractivity contribution in [3.63, 3.8) is 0 Å². The zero-order chi connectivity index (χ0) is 19.7. The van der Waals surface area contributed by atoms with E-state index in [9.17, 15) is 14.7 Å². The third-order valence-electron chi connectivity index (χ3n) is 5.26. The highest BCUT2D eigenvalue weighted by molar-refractivity contribution is 7.13. The summed E-state index contributed by atoms with van der Waals surface area (Å²) in [5.41, 5.74) is -2.04. The van der Waals surface area contributed by atoms with Gasteiger partial charge >= 0.3 is 5.97 Å². The predicted molar refractivity (Wildman–Crippen MR) is 98.3 cm³/mol. The van der Waals surface area contributed by atoms with E-state index in [1.165, 1.54) is 11.3 Å². The first-order valence-corrected chi connectivity index (χ1v) is 9.70. The lowest BCUT2D eigenvalue weighted by atomic mass is 9.54. The van der Waals surface area contributed by atoms with Crippen molar-refractivity contribution in [3.8, 4) is 10.7 Å². The first-order chi connectivity index (χ1) is 12.8. The molecular weight excluding hydrogens is 370 g/mol. The fraction of sp³-hybridized carbons (Fsp3) is 0.556. The first kappa shape index (κ1) is 19.5. The Hall–Kier alpha value is -2.26. The smallest absolute Gasteiger partial charge is 0.330 e. The van der Waals surface area contributed by atoms with Gasteiger partial charge in [0.1, 0.15) is 5.54 Å². The molecule has 1 fully saturated rings. The Morgan fingerprint density at radius 2 is 2.26 bits per heavy atom. The van der Waals surface area contributed by atoms with Gasteiger partial charge in [-0.1, -0.05) is 25.1 Å². The maximum atomic E-state index is 12.4. The van der Waals surface area contributed by atoms with Crippen LogP contribution in [0.25, 0.3) is 10.7 Å². The number of aromatic nitrogens is 2. The van der Waals surface area contributed by atoms with Gasteiger partial charge < -0.3 is 19.7 Å². The number of carboxylic acid groups (broad SMARTS) is 1.